The second kappa shape index (κ2) is 4.23. The van der Waals surface area contributed by atoms with Crippen LogP contribution in [0.15, 0.2) is 30.6 Å². The highest BCUT2D eigenvalue weighted by molar-refractivity contribution is 6.29. The van der Waals surface area contributed by atoms with E-state index in [0.717, 1.165) is 5.56 Å². The van der Waals surface area contributed by atoms with Crippen molar-refractivity contribution >= 4 is 11.6 Å². The van der Waals surface area contributed by atoms with Gasteiger partial charge in [0.25, 0.3) is 0 Å². The summed E-state index contributed by atoms with van der Waals surface area (Å²) >= 11 is 5.66. The SMILES string of the molecule is COc1cnccc1-c1ccc(Cl)nn1. The molecule has 0 aliphatic heterocycles. The molecular weight excluding hydrogens is 214 g/mol. The predicted octanol–water partition coefficient (Wildman–Crippen LogP) is 2.20. The van der Waals surface area contributed by atoms with Crippen molar-refractivity contribution in [2.45, 2.75) is 0 Å². The quantitative estimate of drug-likeness (QED) is 0.780. The molecule has 15 heavy (non-hydrogen) atoms. The fourth-order valence-corrected chi connectivity index (χ4v) is 1.31. The third-order valence-corrected chi connectivity index (χ3v) is 2.11. The Bertz CT molecular complexity index is 458. The Morgan fingerprint density at radius 1 is 1.20 bits per heavy atom. The van der Waals surface area contributed by atoms with Gasteiger partial charge in [0, 0.05) is 11.8 Å². The monoisotopic (exact) mass is 221 g/mol. The predicted molar refractivity (Wildman–Crippen MR) is 56.8 cm³/mol. The van der Waals surface area contributed by atoms with Crippen LogP contribution in [0.4, 0.5) is 0 Å². The number of hydrogen-bond acceptors (Lipinski definition) is 4. The zero-order valence-electron chi connectivity index (χ0n) is 8.01. The van der Waals surface area contributed by atoms with E-state index >= 15 is 0 Å². The summed E-state index contributed by atoms with van der Waals surface area (Å²) in [6, 6.07) is 5.29. The number of hydrogen-bond donors (Lipinski definition) is 0. The molecule has 0 N–H and O–H groups in total. The van der Waals surface area contributed by atoms with Crippen LogP contribution < -0.4 is 4.74 Å². The average molecular weight is 222 g/mol. The van der Waals surface area contributed by atoms with Gasteiger partial charge in [-0.3, -0.25) is 4.98 Å². The maximum atomic E-state index is 5.66. The third-order valence-electron chi connectivity index (χ3n) is 1.91. The third kappa shape index (κ3) is 2.05. The Kier molecular flexibility index (Phi) is 2.78. The molecule has 0 bridgehead atoms. The van der Waals surface area contributed by atoms with E-state index in [2.05, 4.69) is 15.2 Å². The van der Waals surface area contributed by atoms with Crippen molar-refractivity contribution in [2.24, 2.45) is 0 Å². The molecule has 0 fully saturated rings. The van der Waals surface area contributed by atoms with E-state index in [0.29, 0.717) is 16.6 Å². The Balaban J connectivity index is 2.49. The molecule has 2 aromatic heterocycles. The number of aromatic nitrogens is 3. The molecule has 2 heterocycles. The largest absolute Gasteiger partial charge is 0.494 e. The molecule has 76 valence electrons. The second-order valence-electron chi connectivity index (χ2n) is 2.82. The fraction of sp³-hybridized carbons (Fsp3) is 0.100. The molecule has 0 unspecified atom stereocenters. The molecule has 0 saturated heterocycles. The van der Waals surface area contributed by atoms with Crippen LogP contribution in [0.25, 0.3) is 11.3 Å². The molecule has 4 nitrogen and oxygen atoms in total. The lowest BCUT2D eigenvalue weighted by atomic mass is 10.2. The molecule has 2 rings (SSSR count). The van der Waals surface area contributed by atoms with Crippen molar-refractivity contribution in [1.29, 1.82) is 0 Å². The molecule has 0 aliphatic rings. The van der Waals surface area contributed by atoms with Gasteiger partial charge >= 0.3 is 0 Å². The van der Waals surface area contributed by atoms with Gasteiger partial charge in [-0.05, 0) is 18.2 Å². The molecule has 0 saturated carbocycles. The van der Waals surface area contributed by atoms with Gasteiger partial charge in [-0.25, -0.2) is 0 Å². The van der Waals surface area contributed by atoms with E-state index in [4.69, 9.17) is 16.3 Å². The zero-order chi connectivity index (χ0) is 10.7. The van der Waals surface area contributed by atoms with Gasteiger partial charge in [-0.15, -0.1) is 10.2 Å². The number of nitrogens with zero attached hydrogens (tertiary/aromatic N) is 3. The topological polar surface area (TPSA) is 47.9 Å². The standard InChI is InChI=1S/C10H8ClN3O/c1-15-9-6-12-5-4-7(9)8-2-3-10(11)14-13-8/h2-6H,1H3. The van der Waals surface area contributed by atoms with E-state index < -0.39 is 0 Å². The smallest absolute Gasteiger partial charge is 0.151 e. The number of rotatable bonds is 2. The first kappa shape index (κ1) is 9.86. The minimum atomic E-state index is 0.367. The molecule has 0 aromatic carbocycles. The normalized spacial score (nSPS) is 10.0. The summed E-state index contributed by atoms with van der Waals surface area (Å²) < 4.78 is 5.17. The average Bonchev–Trinajstić information content (AvgIpc) is 2.30. The Labute approximate surface area is 91.9 Å². The first-order valence-electron chi connectivity index (χ1n) is 4.29. The lowest BCUT2D eigenvalue weighted by Gasteiger charge is -2.05. The summed E-state index contributed by atoms with van der Waals surface area (Å²) in [6.07, 6.45) is 3.31. The highest BCUT2D eigenvalue weighted by atomic mass is 35.5. The summed E-state index contributed by atoms with van der Waals surface area (Å²) in [5, 5.41) is 8.11. The molecule has 0 spiro atoms. The van der Waals surface area contributed by atoms with Gasteiger partial charge in [-0.1, -0.05) is 11.6 Å². The van der Waals surface area contributed by atoms with Crippen LogP contribution in [0.5, 0.6) is 5.75 Å². The summed E-state index contributed by atoms with van der Waals surface area (Å²) in [5.74, 6) is 0.661. The van der Waals surface area contributed by atoms with Crippen molar-refractivity contribution in [3.05, 3.63) is 35.7 Å². The summed E-state index contributed by atoms with van der Waals surface area (Å²) in [5.41, 5.74) is 1.55. The van der Waals surface area contributed by atoms with Crippen molar-refractivity contribution < 1.29 is 4.74 Å². The summed E-state index contributed by atoms with van der Waals surface area (Å²) in [7, 11) is 1.59. The van der Waals surface area contributed by atoms with E-state index in [-0.39, 0.29) is 0 Å². The minimum absolute atomic E-state index is 0.367. The molecule has 2 aromatic rings. The molecule has 0 radical (unpaired) electrons. The second-order valence-corrected chi connectivity index (χ2v) is 3.20. The first-order valence-corrected chi connectivity index (χ1v) is 4.66. The number of ether oxygens (including phenoxy) is 1. The van der Waals surface area contributed by atoms with E-state index in [1.54, 1.807) is 31.6 Å². The van der Waals surface area contributed by atoms with Crippen LogP contribution >= 0.6 is 11.6 Å². The van der Waals surface area contributed by atoms with Crippen LogP contribution in [0.3, 0.4) is 0 Å². The highest BCUT2D eigenvalue weighted by Gasteiger charge is 2.06. The maximum absolute atomic E-state index is 5.66. The van der Waals surface area contributed by atoms with Gasteiger partial charge in [-0.2, -0.15) is 0 Å². The summed E-state index contributed by atoms with van der Waals surface area (Å²) in [4.78, 5) is 3.96. The minimum Gasteiger partial charge on any atom is -0.494 e. The van der Waals surface area contributed by atoms with Crippen LogP contribution in [0.2, 0.25) is 5.15 Å². The van der Waals surface area contributed by atoms with Gasteiger partial charge in [0.1, 0.15) is 5.75 Å². The van der Waals surface area contributed by atoms with Crippen LogP contribution in [-0.2, 0) is 0 Å². The Hall–Kier alpha value is -1.68. The van der Waals surface area contributed by atoms with Crippen LogP contribution in [0, 0.1) is 0 Å². The lowest BCUT2D eigenvalue weighted by molar-refractivity contribution is 0.414. The van der Waals surface area contributed by atoms with E-state index in [1.165, 1.54) is 0 Å². The molecule has 0 atom stereocenters. The Morgan fingerprint density at radius 2 is 2.07 bits per heavy atom. The number of pyridine rings is 1. The zero-order valence-corrected chi connectivity index (χ0v) is 8.77. The number of halogens is 1. The van der Waals surface area contributed by atoms with Crippen LogP contribution in [-0.4, -0.2) is 22.3 Å². The molecule has 0 aliphatic carbocycles. The maximum Gasteiger partial charge on any atom is 0.151 e. The molecule has 5 heteroatoms. The number of methoxy groups -OCH3 is 1. The van der Waals surface area contributed by atoms with Gasteiger partial charge < -0.3 is 4.74 Å². The van der Waals surface area contributed by atoms with Gasteiger partial charge in [0.05, 0.1) is 19.0 Å². The van der Waals surface area contributed by atoms with E-state index in [9.17, 15) is 0 Å². The van der Waals surface area contributed by atoms with Crippen molar-refractivity contribution in [3.63, 3.8) is 0 Å². The first-order chi connectivity index (χ1) is 7.31. The van der Waals surface area contributed by atoms with Gasteiger partial charge in [0.15, 0.2) is 5.15 Å². The van der Waals surface area contributed by atoms with Crippen molar-refractivity contribution in [3.8, 4) is 17.0 Å². The van der Waals surface area contributed by atoms with Gasteiger partial charge in [0.2, 0.25) is 0 Å². The molecule has 0 amide bonds. The van der Waals surface area contributed by atoms with E-state index in [1.807, 2.05) is 6.07 Å². The summed E-state index contributed by atoms with van der Waals surface area (Å²) in [6.45, 7) is 0. The highest BCUT2D eigenvalue weighted by Crippen LogP contribution is 2.26. The Morgan fingerprint density at radius 3 is 2.73 bits per heavy atom. The van der Waals surface area contributed by atoms with Crippen molar-refractivity contribution in [2.75, 3.05) is 7.11 Å². The van der Waals surface area contributed by atoms with Crippen LogP contribution in [0.1, 0.15) is 0 Å². The lowest BCUT2D eigenvalue weighted by Crippen LogP contribution is -1.92. The molecular formula is C10H8ClN3O. The fourth-order valence-electron chi connectivity index (χ4n) is 1.21. The van der Waals surface area contributed by atoms with Crippen molar-refractivity contribution in [1.82, 2.24) is 15.2 Å².